The number of rotatable bonds is 5. The summed E-state index contributed by atoms with van der Waals surface area (Å²) in [6.07, 6.45) is 9.65. The number of hydrogen-bond acceptors (Lipinski definition) is 5. The van der Waals surface area contributed by atoms with E-state index in [-0.39, 0.29) is 5.91 Å². The first kappa shape index (κ1) is 15.8. The highest BCUT2D eigenvalue weighted by Gasteiger charge is 2.26. The zero-order valence-corrected chi connectivity index (χ0v) is 14.8. The molecular formula is C19H18N6O2. The number of pyridine rings is 1. The number of fused-ring (bicyclic) bond motifs is 2. The largest absolute Gasteiger partial charge is 0.491 e. The van der Waals surface area contributed by atoms with Crippen LogP contribution in [0.1, 0.15) is 41.9 Å². The molecule has 0 unspecified atom stereocenters. The molecule has 0 bridgehead atoms. The molecule has 4 aromatic heterocycles. The van der Waals surface area contributed by atoms with Crippen LogP contribution in [-0.4, -0.2) is 36.5 Å². The Hall–Kier alpha value is -3.42. The lowest BCUT2D eigenvalue weighted by Gasteiger charge is -2.11. The summed E-state index contributed by atoms with van der Waals surface area (Å²) in [4.78, 5) is 21.6. The van der Waals surface area contributed by atoms with Gasteiger partial charge in [0.15, 0.2) is 11.3 Å². The van der Waals surface area contributed by atoms with Crippen molar-refractivity contribution >= 4 is 22.9 Å². The van der Waals surface area contributed by atoms with E-state index >= 15 is 0 Å². The van der Waals surface area contributed by atoms with Crippen LogP contribution in [0, 0.1) is 0 Å². The van der Waals surface area contributed by atoms with Gasteiger partial charge in [-0.1, -0.05) is 0 Å². The lowest BCUT2D eigenvalue weighted by molar-refractivity contribution is 0.102. The number of carbonyl (C=O) groups excluding carboxylic acids is 1. The second-order valence-corrected chi connectivity index (χ2v) is 6.60. The zero-order chi connectivity index (χ0) is 18.4. The molecule has 1 fully saturated rings. The third kappa shape index (κ3) is 2.88. The molecule has 4 aromatic rings. The normalized spacial score (nSPS) is 14.0. The third-order valence-corrected chi connectivity index (χ3v) is 4.59. The van der Waals surface area contributed by atoms with Crippen molar-refractivity contribution in [1.29, 1.82) is 0 Å². The van der Waals surface area contributed by atoms with Gasteiger partial charge in [-0.3, -0.25) is 4.79 Å². The number of nitrogens with one attached hydrogen (secondary N) is 1. The summed E-state index contributed by atoms with van der Waals surface area (Å²) in [6.45, 7) is 2.40. The first-order valence-corrected chi connectivity index (χ1v) is 8.98. The molecule has 27 heavy (non-hydrogen) atoms. The summed E-state index contributed by atoms with van der Waals surface area (Å²) < 4.78 is 9.22. The van der Waals surface area contributed by atoms with Gasteiger partial charge in [-0.15, -0.1) is 0 Å². The molecule has 0 atom stereocenters. The van der Waals surface area contributed by atoms with Crippen molar-refractivity contribution in [3.05, 3.63) is 54.4 Å². The fraction of sp³-hybridized carbons (Fsp3) is 0.263. The van der Waals surface area contributed by atoms with Crippen molar-refractivity contribution in [3.63, 3.8) is 0 Å². The summed E-state index contributed by atoms with van der Waals surface area (Å²) >= 11 is 0. The van der Waals surface area contributed by atoms with E-state index in [4.69, 9.17) is 4.74 Å². The quantitative estimate of drug-likeness (QED) is 0.590. The van der Waals surface area contributed by atoms with Crippen molar-refractivity contribution in [3.8, 4) is 5.75 Å². The first-order chi connectivity index (χ1) is 13.2. The summed E-state index contributed by atoms with van der Waals surface area (Å²) in [5.41, 5.74) is 3.40. The van der Waals surface area contributed by atoms with E-state index in [1.165, 1.54) is 12.8 Å². The molecular weight excluding hydrogens is 344 g/mol. The zero-order valence-electron chi connectivity index (χ0n) is 14.8. The molecule has 4 heterocycles. The van der Waals surface area contributed by atoms with Gasteiger partial charge in [-0.2, -0.15) is 5.10 Å². The molecule has 1 aliphatic rings. The van der Waals surface area contributed by atoms with Gasteiger partial charge in [0, 0.05) is 42.8 Å². The smallest absolute Gasteiger partial charge is 0.276 e. The predicted octanol–water partition coefficient (Wildman–Crippen LogP) is 2.91. The summed E-state index contributed by atoms with van der Waals surface area (Å²) in [5.74, 6) is 0.834. The number of nitrogens with zero attached hydrogens (tertiary/aromatic N) is 5. The van der Waals surface area contributed by atoms with Gasteiger partial charge in [0.25, 0.3) is 5.91 Å². The van der Waals surface area contributed by atoms with Gasteiger partial charge in [-0.05, 0) is 25.8 Å². The van der Waals surface area contributed by atoms with E-state index < -0.39 is 0 Å². The molecule has 5 rings (SSSR count). The summed E-state index contributed by atoms with van der Waals surface area (Å²) in [7, 11) is 0. The highest BCUT2D eigenvalue weighted by Crippen LogP contribution is 2.40. The molecule has 8 heteroatoms. The number of anilines is 1. The molecule has 1 amide bonds. The molecule has 8 nitrogen and oxygen atoms in total. The number of aromatic nitrogens is 5. The molecule has 0 aliphatic heterocycles. The van der Waals surface area contributed by atoms with E-state index in [0.29, 0.717) is 35.3 Å². The Morgan fingerprint density at radius 3 is 2.96 bits per heavy atom. The predicted molar refractivity (Wildman–Crippen MR) is 99.3 cm³/mol. The van der Waals surface area contributed by atoms with Gasteiger partial charge in [0.2, 0.25) is 0 Å². The van der Waals surface area contributed by atoms with Crippen LogP contribution in [0.4, 0.5) is 5.69 Å². The SMILES string of the molecule is CCOc1cc2nc(C3CC3)cn2cc1NC(=O)c1cc2ncccn2n1. The number of imidazole rings is 1. The van der Waals surface area contributed by atoms with Gasteiger partial charge in [0.1, 0.15) is 17.1 Å². The van der Waals surface area contributed by atoms with E-state index in [9.17, 15) is 4.79 Å². The third-order valence-electron chi connectivity index (χ3n) is 4.59. The Balaban J connectivity index is 1.50. The van der Waals surface area contributed by atoms with Crippen LogP contribution in [0.15, 0.2) is 43.0 Å². The minimum atomic E-state index is -0.316. The van der Waals surface area contributed by atoms with Crippen LogP contribution >= 0.6 is 0 Å². The molecule has 0 spiro atoms. The number of amides is 1. The average Bonchev–Trinajstić information content (AvgIpc) is 3.29. The van der Waals surface area contributed by atoms with Gasteiger partial charge in [-0.25, -0.2) is 14.5 Å². The van der Waals surface area contributed by atoms with Crippen LogP contribution in [0.5, 0.6) is 5.75 Å². The average molecular weight is 362 g/mol. The number of hydrogen-bond donors (Lipinski definition) is 1. The standard InChI is InChI=1S/C19H18N6O2/c1-2-27-16-9-18-21-14(12-4-5-12)10-24(18)11-15(16)22-19(26)13-8-17-20-6-3-7-25(17)23-13/h3,6-12H,2,4-5H2,1H3,(H,22,26). The van der Waals surface area contributed by atoms with Gasteiger partial charge >= 0.3 is 0 Å². The first-order valence-electron chi connectivity index (χ1n) is 8.98. The molecule has 1 saturated carbocycles. The van der Waals surface area contributed by atoms with Crippen LogP contribution in [-0.2, 0) is 0 Å². The molecule has 1 N–H and O–H groups in total. The lowest BCUT2D eigenvalue weighted by Crippen LogP contribution is -2.14. The van der Waals surface area contributed by atoms with E-state index in [2.05, 4.69) is 20.4 Å². The Morgan fingerprint density at radius 2 is 2.19 bits per heavy atom. The van der Waals surface area contributed by atoms with Crippen molar-refractivity contribution in [1.82, 2.24) is 24.0 Å². The molecule has 0 aromatic carbocycles. The molecule has 1 aliphatic carbocycles. The second kappa shape index (κ2) is 6.08. The summed E-state index contributed by atoms with van der Waals surface area (Å²) in [5, 5.41) is 7.17. The van der Waals surface area contributed by atoms with E-state index in [1.807, 2.05) is 29.8 Å². The Bertz CT molecular complexity index is 1120. The molecule has 0 saturated heterocycles. The topological polar surface area (TPSA) is 85.8 Å². The van der Waals surface area contributed by atoms with Crippen LogP contribution in [0.2, 0.25) is 0 Å². The van der Waals surface area contributed by atoms with Crippen molar-refractivity contribution < 1.29 is 9.53 Å². The maximum absolute atomic E-state index is 12.7. The van der Waals surface area contributed by atoms with E-state index in [0.717, 1.165) is 11.3 Å². The van der Waals surface area contributed by atoms with E-state index in [1.54, 1.807) is 29.0 Å². The fourth-order valence-corrected chi connectivity index (χ4v) is 3.11. The Morgan fingerprint density at radius 1 is 1.30 bits per heavy atom. The highest BCUT2D eigenvalue weighted by atomic mass is 16.5. The number of carbonyl (C=O) groups is 1. The Kier molecular flexibility index (Phi) is 3.56. The van der Waals surface area contributed by atoms with Crippen LogP contribution in [0.3, 0.4) is 0 Å². The maximum Gasteiger partial charge on any atom is 0.276 e. The monoisotopic (exact) mass is 362 g/mol. The second-order valence-electron chi connectivity index (χ2n) is 6.60. The fourth-order valence-electron chi connectivity index (χ4n) is 3.11. The Labute approximate surface area is 154 Å². The maximum atomic E-state index is 12.7. The van der Waals surface area contributed by atoms with Gasteiger partial charge < -0.3 is 14.5 Å². The highest BCUT2D eigenvalue weighted by molar-refractivity contribution is 6.04. The van der Waals surface area contributed by atoms with Crippen molar-refractivity contribution in [2.24, 2.45) is 0 Å². The van der Waals surface area contributed by atoms with Crippen LogP contribution in [0.25, 0.3) is 11.3 Å². The molecule has 0 radical (unpaired) electrons. The summed E-state index contributed by atoms with van der Waals surface area (Å²) in [6, 6.07) is 5.27. The van der Waals surface area contributed by atoms with Crippen molar-refractivity contribution in [2.45, 2.75) is 25.7 Å². The number of ether oxygens (including phenoxy) is 1. The molecule has 136 valence electrons. The minimum Gasteiger partial charge on any atom is -0.491 e. The lowest BCUT2D eigenvalue weighted by atomic mass is 10.3. The van der Waals surface area contributed by atoms with Crippen LogP contribution < -0.4 is 10.1 Å². The van der Waals surface area contributed by atoms with Gasteiger partial charge in [0.05, 0.1) is 12.3 Å². The minimum absolute atomic E-state index is 0.292. The van der Waals surface area contributed by atoms with Crippen molar-refractivity contribution in [2.75, 3.05) is 11.9 Å².